The third-order valence-corrected chi connectivity index (χ3v) is 6.47. The lowest BCUT2D eigenvalue weighted by Crippen LogP contribution is -2.25. The Morgan fingerprint density at radius 1 is 0.941 bits per heavy atom. The van der Waals surface area contributed by atoms with Gasteiger partial charge in [-0.1, -0.05) is 30.3 Å². The topological polar surface area (TPSA) is 89.2 Å². The molecule has 2 N–H and O–H groups in total. The van der Waals surface area contributed by atoms with E-state index in [4.69, 9.17) is 4.42 Å². The van der Waals surface area contributed by atoms with Crippen LogP contribution in [0.15, 0.2) is 82.3 Å². The number of nitrogens with one attached hydrogen (secondary N) is 2. The predicted octanol–water partition coefficient (Wildman–Crippen LogP) is 4.42. The molecule has 0 fully saturated rings. The van der Waals surface area contributed by atoms with Crippen molar-refractivity contribution in [3.8, 4) is 5.69 Å². The number of rotatable bonds is 9. The molecule has 2 amide bonds. The second-order valence-corrected chi connectivity index (χ2v) is 8.74. The van der Waals surface area contributed by atoms with E-state index < -0.39 is 0 Å². The van der Waals surface area contributed by atoms with Crippen LogP contribution in [-0.4, -0.2) is 27.3 Å². The monoisotopic (exact) mass is 474 g/mol. The first-order valence-electron chi connectivity index (χ1n) is 10.9. The summed E-state index contributed by atoms with van der Waals surface area (Å²) < 4.78 is 7.11. The minimum absolute atomic E-state index is 0.129. The molecule has 2 aromatic carbocycles. The smallest absolute Gasteiger partial charge is 0.252 e. The van der Waals surface area contributed by atoms with Crippen molar-refractivity contribution >= 4 is 23.6 Å². The molecule has 0 saturated heterocycles. The van der Waals surface area contributed by atoms with Gasteiger partial charge in [0.1, 0.15) is 5.76 Å². The maximum Gasteiger partial charge on any atom is 0.252 e. The molecular formula is C26H26N4O3S. The van der Waals surface area contributed by atoms with E-state index in [-0.39, 0.29) is 17.6 Å². The number of carbonyl (C=O) groups is 2. The molecule has 174 valence electrons. The number of thioether (sulfide) groups is 1. The highest BCUT2D eigenvalue weighted by atomic mass is 32.2. The molecule has 0 aliphatic heterocycles. The Morgan fingerprint density at radius 3 is 2.47 bits per heavy atom. The first kappa shape index (κ1) is 23.4. The summed E-state index contributed by atoms with van der Waals surface area (Å²) in [5.74, 6) is 0.577. The Labute approximate surface area is 202 Å². The molecular weight excluding hydrogens is 448 g/mol. The van der Waals surface area contributed by atoms with Crippen LogP contribution in [0.2, 0.25) is 0 Å². The van der Waals surface area contributed by atoms with E-state index in [0.717, 1.165) is 27.5 Å². The first-order valence-corrected chi connectivity index (χ1v) is 11.9. The fourth-order valence-corrected chi connectivity index (χ4v) is 4.47. The van der Waals surface area contributed by atoms with E-state index in [0.29, 0.717) is 24.4 Å². The number of para-hydroxylation sites is 1. The van der Waals surface area contributed by atoms with Crippen LogP contribution >= 0.6 is 11.8 Å². The normalized spacial score (nSPS) is 10.8. The quantitative estimate of drug-likeness (QED) is 0.351. The van der Waals surface area contributed by atoms with Gasteiger partial charge in [0.25, 0.3) is 5.91 Å². The molecule has 4 rings (SSSR count). The highest BCUT2D eigenvalue weighted by Crippen LogP contribution is 2.23. The van der Waals surface area contributed by atoms with Crippen molar-refractivity contribution in [3.63, 3.8) is 0 Å². The summed E-state index contributed by atoms with van der Waals surface area (Å²) in [7, 11) is 0. The number of nitrogens with zero attached hydrogens (tertiary/aromatic N) is 2. The summed E-state index contributed by atoms with van der Waals surface area (Å²) in [6, 6.07) is 20.8. The number of hydrogen-bond acceptors (Lipinski definition) is 5. The molecule has 0 bridgehead atoms. The molecule has 0 saturated carbocycles. The molecule has 2 aromatic heterocycles. The zero-order valence-corrected chi connectivity index (χ0v) is 19.9. The fraction of sp³-hybridized carbons (Fsp3) is 0.192. The lowest BCUT2D eigenvalue weighted by Gasteiger charge is -2.11. The van der Waals surface area contributed by atoms with Gasteiger partial charge in [-0.2, -0.15) is 5.10 Å². The van der Waals surface area contributed by atoms with Gasteiger partial charge in [0, 0.05) is 22.7 Å². The highest BCUT2D eigenvalue weighted by molar-refractivity contribution is 8.00. The average Bonchev–Trinajstić information content (AvgIpc) is 3.48. The molecule has 0 aliphatic carbocycles. The summed E-state index contributed by atoms with van der Waals surface area (Å²) in [5, 5.41) is 10.5. The van der Waals surface area contributed by atoms with Gasteiger partial charge in [-0.05, 0) is 50.2 Å². The van der Waals surface area contributed by atoms with E-state index in [2.05, 4.69) is 15.7 Å². The molecule has 34 heavy (non-hydrogen) atoms. The van der Waals surface area contributed by atoms with Gasteiger partial charge in [0.15, 0.2) is 0 Å². The molecule has 8 heteroatoms. The summed E-state index contributed by atoms with van der Waals surface area (Å²) >= 11 is 1.33. The van der Waals surface area contributed by atoms with Crippen LogP contribution in [0.3, 0.4) is 0 Å². The standard InChI is InChI=1S/C26H26N4O3S/c1-18-23(19(2)30(29-18)20-9-4-3-5-10-20)16-28-26(32)22-12-6-7-13-24(22)34-17-25(31)27-15-21-11-8-14-33-21/h3-14H,15-17H2,1-2H3,(H,27,31)(H,28,32). The number of amides is 2. The van der Waals surface area contributed by atoms with Gasteiger partial charge >= 0.3 is 0 Å². The van der Waals surface area contributed by atoms with Crippen molar-refractivity contribution in [2.75, 3.05) is 5.75 Å². The number of carbonyl (C=O) groups excluding carboxylic acids is 2. The van der Waals surface area contributed by atoms with Gasteiger partial charge in [-0.15, -0.1) is 11.8 Å². The van der Waals surface area contributed by atoms with Crippen LogP contribution in [0.25, 0.3) is 5.69 Å². The van der Waals surface area contributed by atoms with Crippen LogP contribution < -0.4 is 10.6 Å². The van der Waals surface area contributed by atoms with Gasteiger partial charge in [-0.3, -0.25) is 9.59 Å². The van der Waals surface area contributed by atoms with Crippen LogP contribution in [-0.2, 0) is 17.9 Å². The first-order chi connectivity index (χ1) is 16.5. The summed E-state index contributed by atoms with van der Waals surface area (Å²) in [5.41, 5.74) is 4.36. The zero-order valence-electron chi connectivity index (χ0n) is 19.1. The number of aryl methyl sites for hydroxylation is 1. The fourth-order valence-electron chi connectivity index (χ4n) is 3.59. The van der Waals surface area contributed by atoms with Crippen molar-refractivity contribution in [3.05, 3.63) is 101 Å². The molecule has 7 nitrogen and oxygen atoms in total. The molecule has 0 radical (unpaired) electrons. The van der Waals surface area contributed by atoms with Crippen LogP contribution in [0.4, 0.5) is 0 Å². The van der Waals surface area contributed by atoms with E-state index in [1.165, 1.54) is 11.8 Å². The predicted molar refractivity (Wildman–Crippen MR) is 132 cm³/mol. The largest absolute Gasteiger partial charge is 0.467 e. The van der Waals surface area contributed by atoms with E-state index in [1.54, 1.807) is 24.5 Å². The summed E-state index contributed by atoms with van der Waals surface area (Å²) in [4.78, 5) is 26.0. The Balaban J connectivity index is 1.38. The molecule has 0 unspecified atom stereocenters. The van der Waals surface area contributed by atoms with Gasteiger partial charge in [0.2, 0.25) is 5.91 Å². The minimum Gasteiger partial charge on any atom is -0.467 e. The van der Waals surface area contributed by atoms with Gasteiger partial charge in [0.05, 0.1) is 35.5 Å². The lowest BCUT2D eigenvalue weighted by molar-refractivity contribution is -0.118. The van der Waals surface area contributed by atoms with Crippen molar-refractivity contribution in [2.24, 2.45) is 0 Å². The Bertz CT molecular complexity index is 1270. The van der Waals surface area contributed by atoms with Gasteiger partial charge < -0.3 is 15.1 Å². The zero-order chi connectivity index (χ0) is 23.9. The second-order valence-electron chi connectivity index (χ2n) is 7.72. The summed E-state index contributed by atoms with van der Waals surface area (Å²) in [6.07, 6.45) is 1.57. The van der Waals surface area contributed by atoms with Crippen LogP contribution in [0.5, 0.6) is 0 Å². The molecule has 0 atom stereocenters. The minimum atomic E-state index is -0.189. The van der Waals surface area contributed by atoms with Crippen LogP contribution in [0, 0.1) is 13.8 Å². The van der Waals surface area contributed by atoms with Crippen molar-refractivity contribution in [1.82, 2.24) is 20.4 Å². The number of aromatic nitrogens is 2. The Hall–Kier alpha value is -3.78. The van der Waals surface area contributed by atoms with E-state index in [9.17, 15) is 9.59 Å². The highest BCUT2D eigenvalue weighted by Gasteiger charge is 2.16. The number of hydrogen-bond donors (Lipinski definition) is 2. The maximum absolute atomic E-state index is 13.0. The maximum atomic E-state index is 13.0. The Kier molecular flexibility index (Phi) is 7.49. The molecule has 4 aromatic rings. The van der Waals surface area contributed by atoms with Crippen molar-refractivity contribution < 1.29 is 14.0 Å². The number of furan rings is 1. The van der Waals surface area contributed by atoms with Crippen LogP contribution in [0.1, 0.15) is 33.1 Å². The second kappa shape index (κ2) is 10.9. The Morgan fingerprint density at radius 2 is 1.71 bits per heavy atom. The lowest BCUT2D eigenvalue weighted by atomic mass is 10.1. The number of benzene rings is 2. The SMILES string of the molecule is Cc1nn(-c2ccccc2)c(C)c1CNC(=O)c1ccccc1SCC(=O)NCc1ccco1. The van der Waals surface area contributed by atoms with Crippen molar-refractivity contribution in [2.45, 2.75) is 31.8 Å². The van der Waals surface area contributed by atoms with E-state index >= 15 is 0 Å². The van der Waals surface area contributed by atoms with Crippen molar-refractivity contribution in [1.29, 1.82) is 0 Å². The third-order valence-electron chi connectivity index (χ3n) is 5.40. The van der Waals surface area contributed by atoms with Gasteiger partial charge in [-0.25, -0.2) is 4.68 Å². The third kappa shape index (κ3) is 5.58. The average molecular weight is 475 g/mol. The van der Waals surface area contributed by atoms with E-state index in [1.807, 2.05) is 67.1 Å². The molecule has 0 aliphatic rings. The summed E-state index contributed by atoms with van der Waals surface area (Å²) in [6.45, 7) is 4.65. The molecule has 0 spiro atoms. The molecule has 2 heterocycles.